The van der Waals surface area contributed by atoms with E-state index in [2.05, 4.69) is 15.9 Å². The van der Waals surface area contributed by atoms with E-state index in [-0.39, 0.29) is 5.91 Å². The van der Waals surface area contributed by atoms with Crippen molar-refractivity contribution >= 4 is 39.0 Å². The number of aryl methyl sites for hydroxylation is 1. The lowest BCUT2D eigenvalue weighted by molar-refractivity contribution is 0.0787. The summed E-state index contributed by atoms with van der Waals surface area (Å²) in [4.78, 5) is 14.2. The van der Waals surface area contributed by atoms with Crippen LogP contribution in [0.25, 0.3) is 0 Å². The number of nitrogens with two attached hydrogens (primary N) is 1. The van der Waals surface area contributed by atoms with Gasteiger partial charge in [-0.05, 0) is 41.4 Å². The summed E-state index contributed by atoms with van der Waals surface area (Å²) < 4.78 is 0.825. The average molecular weight is 315 g/mol. The molecule has 0 saturated heterocycles. The third kappa shape index (κ3) is 3.51. The molecular formula is C12H15BrN2OS. The van der Waals surface area contributed by atoms with Gasteiger partial charge in [0.05, 0.1) is 17.1 Å². The summed E-state index contributed by atoms with van der Waals surface area (Å²) in [6, 6.07) is 5.61. The van der Waals surface area contributed by atoms with Gasteiger partial charge in [0.1, 0.15) is 0 Å². The SMILES string of the molecule is CCN(CC(N)=S)C(=O)c1cccc(C)c1Br. The number of hydrogen-bond acceptors (Lipinski definition) is 2. The Hall–Kier alpha value is -0.940. The normalized spacial score (nSPS) is 10.1. The number of nitrogens with zero attached hydrogens (tertiary/aromatic N) is 1. The van der Waals surface area contributed by atoms with E-state index in [0.29, 0.717) is 23.6 Å². The lowest BCUT2D eigenvalue weighted by Gasteiger charge is -2.21. The number of carbonyl (C=O) groups excluding carboxylic acids is 1. The van der Waals surface area contributed by atoms with Crippen LogP contribution in [-0.2, 0) is 0 Å². The van der Waals surface area contributed by atoms with Gasteiger partial charge >= 0.3 is 0 Å². The number of thiocarbonyl (C=S) groups is 1. The second-order valence-corrected chi connectivity index (χ2v) is 5.04. The van der Waals surface area contributed by atoms with Crippen LogP contribution in [0.2, 0.25) is 0 Å². The van der Waals surface area contributed by atoms with E-state index in [1.54, 1.807) is 11.0 Å². The lowest BCUT2D eigenvalue weighted by atomic mass is 10.1. The zero-order chi connectivity index (χ0) is 13.0. The molecule has 1 amide bonds. The van der Waals surface area contributed by atoms with Crippen molar-refractivity contribution in [1.29, 1.82) is 0 Å². The first-order valence-corrected chi connectivity index (χ1v) is 6.50. The predicted octanol–water partition coefficient (Wildman–Crippen LogP) is 2.51. The Bertz CT molecular complexity index is 448. The Balaban J connectivity index is 3.02. The van der Waals surface area contributed by atoms with Crippen molar-refractivity contribution in [2.75, 3.05) is 13.1 Å². The number of halogens is 1. The van der Waals surface area contributed by atoms with Gasteiger partial charge in [-0.25, -0.2) is 0 Å². The van der Waals surface area contributed by atoms with Gasteiger partial charge in [-0.2, -0.15) is 0 Å². The van der Waals surface area contributed by atoms with E-state index in [0.717, 1.165) is 10.0 Å². The maximum absolute atomic E-state index is 12.3. The molecule has 0 saturated carbocycles. The van der Waals surface area contributed by atoms with Gasteiger partial charge in [0.15, 0.2) is 0 Å². The van der Waals surface area contributed by atoms with Crippen molar-refractivity contribution in [3.05, 3.63) is 33.8 Å². The van der Waals surface area contributed by atoms with E-state index >= 15 is 0 Å². The molecule has 0 heterocycles. The van der Waals surface area contributed by atoms with Crippen molar-refractivity contribution < 1.29 is 4.79 Å². The van der Waals surface area contributed by atoms with Crippen molar-refractivity contribution in [3.8, 4) is 0 Å². The molecule has 5 heteroatoms. The third-order valence-electron chi connectivity index (χ3n) is 2.44. The van der Waals surface area contributed by atoms with Crippen LogP contribution >= 0.6 is 28.1 Å². The van der Waals surface area contributed by atoms with Crippen molar-refractivity contribution in [3.63, 3.8) is 0 Å². The third-order valence-corrected chi connectivity index (χ3v) is 3.62. The number of benzene rings is 1. The Kier molecular flexibility index (Phi) is 5.08. The van der Waals surface area contributed by atoms with Gasteiger partial charge in [0.25, 0.3) is 5.91 Å². The van der Waals surface area contributed by atoms with Gasteiger partial charge in [-0.15, -0.1) is 0 Å². The van der Waals surface area contributed by atoms with E-state index in [1.165, 1.54) is 0 Å². The van der Waals surface area contributed by atoms with Crippen LogP contribution < -0.4 is 5.73 Å². The van der Waals surface area contributed by atoms with Gasteiger partial charge in [0.2, 0.25) is 0 Å². The zero-order valence-corrected chi connectivity index (χ0v) is 12.3. The first-order chi connectivity index (χ1) is 7.97. The minimum Gasteiger partial charge on any atom is -0.392 e. The van der Waals surface area contributed by atoms with Crippen LogP contribution in [0.5, 0.6) is 0 Å². The summed E-state index contributed by atoms with van der Waals surface area (Å²) in [5, 5.41) is 0. The molecule has 17 heavy (non-hydrogen) atoms. The minimum absolute atomic E-state index is 0.0594. The number of likely N-dealkylation sites (N-methyl/N-ethyl adjacent to an activating group) is 1. The highest BCUT2D eigenvalue weighted by Crippen LogP contribution is 2.22. The summed E-state index contributed by atoms with van der Waals surface area (Å²) >= 11 is 8.27. The number of rotatable bonds is 4. The van der Waals surface area contributed by atoms with Gasteiger partial charge < -0.3 is 10.6 Å². The molecule has 0 aliphatic rings. The Morgan fingerprint density at radius 2 is 2.18 bits per heavy atom. The summed E-state index contributed by atoms with van der Waals surface area (Å²) in [6.45, 7) is 4.74. The largest absolute Gasteiger partial charge is 0.392 e. The Labute approximate surface area is 115 Å². The quantitative estimate of drug-likeness (QED) is 0.869. The fraction of sp³-hybridized carbons (Fsp3) is 0.333. The molecule has 1 rings (SSSR count). The molecule has 1 aromatic carbocycles. The summed E-state index contributed by atoms with van der Waals surface area (Å²) in [7, 11) is 0. The lowest BCUT2D eigenvalue weighted by Crippen LogP contribution is -2.37. The van der Waals surface area contributed by atoms with Crippen LogP contribution in [0.4, 0.5) is 0 Å². The number of carbonyl (C=O) groups is 1. The smallest absolute Gasteiger partial charge is 0.255 e. The van der Waals surface area contributed by atoms with Crippen LogP contribution in [0, 0.1) is 6.92 Å². The second kappa shape index (κ2) is 6.12. The van der Waals surface area contributed by atoms with Crippen LogP contribution in [-0.4, -0.2) is 28.9 Å². The molecule has 0 bridgehead atoms. The molecule has 1 aromatic rings. The standard InChI is InChI=1S/C12H15BrN2OS/c1-3-15(7-10(14)17)12(16)9-6-4-5-8(2)11(9)13/h4-6H,3,7H2,1-2H3,(H2,14,17). The van der Waals surface area contributed by atoms with E-state index < -0.39 is 0 Å². The highest BCUT2D eigenvalue weighted by molar-refractivity contribution is 9.10. The maximum atomic E-state index is 12.3. The Morgan fingerprint density at radius 1 is 1.53 bits per heavy atom. The van der Waals surface area contributed by atoms with E-state index in [9.17, 15) is 4.79 Å². The summed E-state index contributed by atoms with van der Waals surface area (Å²) in [5.41, 5.74) is 7.15. The molecule has 2 N–H and O–H groups in total. The molecule has 0 aromatic heterocycles. The molecule has 0 aliphatic heterocycles. The number of hydrogen-bond donors (Lipinski definition) is 1. The van der Waals surface area contributed by atoms with Crippen molar-refractivity contribution in [1.82, 2.24) is 4.90 Å². The predicted molar refractivity (Wildman–Crippen MR) is 77.2 cm³/mol. The van der Waals surface area contributed by atoms with Crippen LogP contribution in [0.3, 0.4) is 0 Å². The first-order valence-electron chi connectivity index (χ1n) is 5.30. The fourth-order valence-electron chi connectivity index (χ4n) is 1.50. The van der Waals surface area contributed by atoms with E-state index in [4.69, 9.17) is 18.0 Å². The van der Waals surface area contributed by atoms with Crippen LogP contribution in [0.15, 0.2) is 22.7 Å². The highest BCUT2D eigenvalue weighted by Gasteiger charge is 2.17. The summed E-state index contributed by atoms with van der Waals surface area (Å²) in [5.74, 6) is -0.0594. The molecule has 92 valence electrons. The zero-order valence-electron chi connectivity index (χ0n) is 9.87. The average Bonchev–Trinajstić information content (AvgIpc) is 2.28. The molecule has 0 aliphatic carbocycles. The van der Waals surface area contributed by atoms with Gasteiger partial charge in [-0.3, -0.25) is 4.79 Å². The fourth-order valence-corrected chi connectivity index (χ4v) is 2.09. The van der Waals surface area contributed by atoms with Crippen molar-refractivity contribution in [2.24, 2.45) is 5.73 Å². The minimum atomic E-state index is -0.0594. The molecular weight excluding hydrogens is 300 g/mol. The molecule has 0 atom stereocenters. The van der Waals surface area contributed by atoms with Gasteiger partial charge in [-0.1, -0.05) is 24.4 Å². The molecule has 0 fully saturated rings. The summed E-state index contributed by atoms with van der Waals surface area (Å²) in [6.07, 6.45) is 0. The monoisotopic (exact) mass is 314 g/mol. The topological polar surface area (TPSA) is 46.3 Å². The Morgan fingerprint density at radius 3 is 2.71 bits per heavy atom. The molecule has 0 unspecified atom stereocenters. The molecule has 3 nitrogen and oxygen atoms in total. The molecule has 0 spiro atoms. The first kappa shape index (κ1) is 14.1. The van der Waals surface area contributed by atoms with Gasteiger partial charge in [0, 0.05) is 11.0 Å². The van der Waals surface area contributed by atoms with E-state index in [1.807, 2.05) is 26.0 Å². The number of amides is 1. The van der Waals surface area contributed by atoms with Crippen LogP contribution in [0.1, 0.15) is 22.8 Å². The van der Waals surface area contributed by atoms with Crippen molar-refractivity contribution in [2.45, 2.75) is 13.8 Å². The second-order valence-electron chi connectivity index (χ2n) is 3.72. The molecule has 0 radical (unpaired) electrons. The highest BCUT2D eigenvalue weighted by atomic mass is 79.9. The maximum Gasteiger partial charge on any atom is 0.255 e.